The lowest BCUT2D eigenvalue weighted by molar-refractivity contribution is -0.136. The third kappa shape index (κ3) is 6.45. The van der Waals surface area contributed by atoms with E-state index < -0.39 is 6.10 Å². The van der Waals surface area contributed by atoms with E-state index >= 15 is 0 Å². The first-order valence-corrected chi connectivity index (χ1v) is 11.8. The van der Waals surface area contributed by atoms with Crippen LogP contribution in [-0.4, -0.2) is 66.8 Å². The van der Waals surface area contributed by atoms with E-state index in [2.05, 4.69) is 30.2 Å². The van der Waals surface area contributed by atoms with Crippen LogP contribution in [0.5, 0.6) is 11.5 Å². The second-order valence-corrected chi connectivity index (χ2v) is 9.58. The molecule has 0 fully saturated rings. The zero-order valence-corrected chi connectivity index (χ0v) is 19.7. The monoisotopic (exact) mass is 446 g/mol. The van der Waals surface area contributed by atoms with Crippen molar-refractivity contribution in [3.63, 3.8) is 0 Å². The molecule has 2 unspecified atom stereocenters. The van der Waals surface area contributed by atoms with Crippen LogP contribution in [0.4, 0.5) is 0 Å². The Morgan fingerprint density at radius 2 is 1.90 bits per heavy atom. The van der Waals surface area contributed by atoms with E-state index in [0.717, 1.165) is 24.5 Å². The van der Waals surface area contributed by atoms with Gasteiger partial charge in [0.2, 0.25) is 5.91 Å². The first-order chi connectivity index (χ1) is 14.9. The minimum absolute atomic E-state index is 0.0847. The van der Waals surface area contributed by atoms with Crippen LogP contribution in [-0.2, 0) is 11.2 Å². The van der Waals surface area contributed by atoms with Crippen LogP contribution in [0.3, 0.4) is 0 Å². The number of nitrogens with zero attached hydrogens (tertiary/aromatic N) is 2. The quantitative estimate of drug-likeness (QED) is 0.604. The summed E-state index contributed by atoms with van der Waals surface area (Å²) in [7, 11) is 1.64. The van der Waals surface area contributed by atoms with Crippen LogP contribution < -0.4 is 9.47 Å². The molecule has 1 aromatic carbocycles. The van der Waals surface area contributed by atoms with E-state index in [4.69, 9.17) is 9.47 Å². The minimum Gasteiger partial charge on any atom is -0.497 e. The van der Waals surface area contributed by atoms with Crippen LogP contribution in [0.15, 0.2) is 35.7 Å². The van der Waals surface area contributed by atoms with Crippen molar-refractivity contribution in [2.75, 3.05) is 39.9 Å². The Morgan fingerprint density at radius 1 is 1.19 bits per heavy atom. The summed E-state index contributed by atoms with van der Waals surface area (Å²) in [4.78, 5) is 18.7. The lowest BCUT2D eigenvalue weighted by atomic mass is 10.00. The first kappa shape index (κ1) is 23.6. The molecule has 31 heavy (non-hydrogen) atoms. The molecule has 2 atom stereocenters. The summed E-state index contributed by atoms with van der Waals surface area (Å²) in [6.07, 6.45) is 0.406. The molecule has 0 bridgehead atoms. The fraction of sp³-hybridized carbons (Fsp3) is 0.542. The van der Waals surface area contributed by atoms with Gasteiger partial charge in [0, 0.05) is 24.5 Å². The molecule has 0 saturated heterocycles. The van der Waals surface area contributed by atoms with Gasteiger partial charge in [-0.15, -0.1) is 11.3 Å². The number of aliphatic hydroxyl groups is 1. The fourth-order valence-corrected chi connectivity index (χ4v) is 5.03. The predicted molar refractivity (Wildman–Crippen MR) is 124 cm³/mol. The number of amides is 1. The highest BCUT2D eigenvalue weighted by atomic mass is 32.1. The maximum Gasteiger partial charge on any atom is 0.237 e. The number of carbonyl (C=O) groups is 1. The van der Waals surface area contributed by atoms with E-state index in [0.29, 0.717) is 32.2 Å². The molecule has 2 aromatic rings. The summed E-state index contributed by atoms with van der Waals surface area (Å²) in [5, 5.41) is 12.0. The second-order valence-electron chi connectivity index (χ2n) is 8.58. The summed E-state index contributed by atoms with van der Waals surface area (Å²) in [6, 6.07) is 9.51. The Morgan fingerprint density at radius 3 is 2.55 bits per heavy atom. The molecule has 3 rings (SSSR count). The average molecular weight is 447 g/mol. The maximum atomic E-state index is 13.3. The highest BCUT2D eigenvalue weighted by Crippen LogP contribution is 2.34. The van der Waals surface area contributed by atoms with Crippen molar-refractivity contribution >= 4 is 17.2 Å². The molecule has 0 radical (unpaired) electrons. The van der Waals surface area contributed by atoms with Gasteiger partial charge < -0.3 is 19.5 Å². The average Bonchev–Trinajstić information content (AvgIpc) is 3.20. The zero-order valence-electron chi connectivity index (χ0n) is 18.9. The van der Waals surface area contributed by atoms with Gasteiger partial charge in [0.15, 0.2) is 0 Å². The molecule has 7 heteroatoms. The summed E-state index contributed by atoms with van der Waals surface area (Å²) in [6.45, 7) is 8.70. The third-order valence-electron chi connectivity index (χ3n) is 5.39. The van der Waals surface area contributed by atoms with Gasteiger partial charge in [0.05, 0.1) is 25.8 Å². The Balaban J connectivity index is 1.72. The SMILES string of the molecule is COc1ccc(OCC2c3ccsc3CCN2C(=O)CN(CC(C)C)CC(C)O)cc1. The lowest BCUT2D eigenvalue weighted by Crippen LogP contribution is -2.48. The van der Waals surface area contributed by atoms with Crippen LogP contribution in [0.1, 0.15) is 37.3 Å². The molecular formula is C24H34N2O4S. The van der Waals surface area contributed by atoms with E-state index in [1.54, 1.807) is 25.4 Å². The summed E-state index contributed by atoms with van der Waals surface area (Å²) >= 11 is 1.75. The smallest absolute Gasteiger partial charge is 0.237 e. The van der Waals surface area contributed by atoms with Crippen molar-refractivity contribution in [3.05, 3.63) is 46.2 Å². The van der Waals surface area contributed by atoms with E-state index in [1.165, 1.54) is 10.4 Å². The van der Waals surface area contributed by atoms with E-state index in [9.17, 15) is 9.90 Å². The number of hydrogen-bond acceptors (Lipinski definition) is 6. The normalized spacial score (nSPS) is 17.0. The van der Waals surface area contributed by atoms with Crippen molar-refractivity contribution in [2.24, 2.45) is 5.92 Å². The number of fused-ring (bicyclic) bond motifs is 1. The highest BCUT2D eigenvalue weighted by Gasteiger charge is 2.33. The molecule has 2 heterocycles. The van der Waals surface area contributed by atoms with Crippen LogP contribution in [0.2, 0.25) is 0 Å². The molecular weight excluding hydrogens is 412 g/mol. The topological polar surface area (TPSA) is 62.2 Å². The van der Waals surface area contributed by atoms with Gasteiger partial charge in [-0.2, -0.15) is 0 Å². The van der Waals surface area contributed by atoms with E-state index in [-0.39, 0.29) is 11.9 Å². The van der Waals surface area contributed by atoms with Gasteiger partial charge in [-0.05, 0) is 60.5 Å². The highest BCUT2D eigenvalue weighted by molar-refractivity contribution is 7.10. The van der Waals surface area contributed by atoms with Crippen LogP contribution in [0.25, 0.3) is 0 Å². The van der Waals surface area contributed by atoms with Crippen molar-refractivity contribution in [1.82, 2.24) is 9.80 Å². The number of ether oxygens (including phenoxy) is 2. The molecule has 1 N–H and O–H groups in total. The molecule has 1 aliphatic rings. The number of rotatable bonds is 10. The molecule has 0 saturated carbocycles. The largest absolute Gasteiger partial charge is 0.497 e. The van der Waals surface area contributed by atoms with E-state index in [1.807, 2.05) is 29.2 Å². The Bertz CT molecular complexity index is 824. The molecule has 6 nitrogen and oxygen atoms in total. The second kappa shape index (κ2) is 11.0. The van der Waals surface area contributed by atoms with Gasteiger partial charge in [-0.1, -0.05) is 13.8 Å². The number of methoxy groups -OCH3 is 1. The van der Waals surface area contributed by atoms with Gasteiger partial charge >= 0.3 is 0 Å². The van der Waals surface area contributed by atoms with Crippen molar-refractivity contribution in [2.45, 2.75) is 39.3 Å². The van der Waals surface area contributed by atoms with Crippen molar-refractivity contribution < 1.29 is 19.4 Å². The predicted octanol–water partition coefficient (Wildman–Crippen LogP) is 3.60. The molecule has 1 aromatic heterocycles. The zero-order chi connectivity index (χ0) is 22.4. The Kier molecular flexibility index (Phi) is 8.35. The van der Waals surface area contributed by atoms with Crippen molar-refractivity contribution in [1.29, 1.82) is 0 Å². The summed E-state index contributed by atoms with van der Waals surface area (Å²) in [5.74, 6) is 2.04. The number of hydrogen-bond donors (Lipinski definition) is 1. The molecule has 170 valence electrons. The lowest BCUT2D eigenvalue weighted by Gasteiger charge is -2.37. The summed E-state index contributed by atoms with van der Waals surface area (Å²) < 4.78 is 11.3. The summed E-state index contributed by atoms with van der Waals surface area (Å²) in [5.41, 5.74) is 1.18. The van der Waals surface area contributed by atoms with Gasteiger partial charge in [-0.25, -0.2) is 0 Å². The van der Waals surface area contributed by atoms with Gasteiger partial charge in [-0.3, -0.25) is 9.69 Å². The number of carbonyl (C=O) groups excluding carboxylic acids is 1. The van der Waals surface area contributed by atoms with Crippen LogP contribution in [0, 0.1) is 5.92 Å². The maximum absolute atomic E-state index is 13.3. The number of thiophene rings is 1. The molecule has 1 aliphatic heterocycles. The molecule has 1 amide bonds. The first-order valence-electron chi connectivity index (χ1n) is 10.9. The van der Waals surface area contributed by atoms with Crippen molar-refractivity contribution in [3.8, 4) is 11.5 Å². The Labute approximate surface area is 189 Å². The minimum atomic E-state index is -0.467. The van der Waals surface area contributed by atoms with Gasteiger partial charge in [0.25, 0.3) is 0 Å². The standard InChI is InChI=1S/C24H34N2O4S/c1-17(2)13-25(14-18(3)27)15-24(28)26-11-9-23-21(10-12-31-23)22(26)16-30-20-7-5-19(29-4)6-8-20/h5-8,10,12,17-18,22,27H,9,11,13-16H2,1-4H3. The number of aliphatic hydroxyl groups excluding tert-OH is 1. The number of benzene rings is 1. The van der Waals surface area contributed by atoms with Crippen LogP contribution >= 0.6 is 11.3 Å². The Hall–Kier alpha value is -2.09. The van der Waals surface area contributed by atoms with Gasteiger partial charge in [0.1, 0.15) is 18.1 Å². The molecule has 0 spiro atoms. The fourth-order valence-electron chi connectivity index (χ4n) is 4.10. The molecule has 0 aliphatic carbocycles. The third-order valence-corrected chi connectivity index (χ3v) is 6.38.